The molecular weight excluding hydrogens is 348 g/mol. The fraction of sp³-hybridized carbons (Fsp3) is 0.348. The first-order valence-electron chi connectivity index (χ1n) is 9.95. The van der Waals surface area contributed by atoms with Crippen molar-refractivity contribution in [2.75, 3.05) is 18.0 Å². The summed E-state index contributed by atoms with van der Waals surface area (Å²) in [6, 6.07) is 16.3. The standard InChI is InChI=1S/C23H26N4O/c1-16-9-11-18(12-10-16)13-14-24-22(28)21-8-5-15-27(21)23-25-17(2)19-6-3-4-7-20(19)26-23/h3-4,6-7,9-12,21H,5,8,13-15H2,1-2H3,(H,24,28). The van der Waals surface area contributed by atoms with Crippen LogP contribution in [0, 0.1) is 13.8 Å². The number of aryl methyl sites for hydroxylation is 2. The quantitative estimate of drug-likeness (QED) is 0.742. The molecule has 1 fully saturated rings. The summed E-state index contributed by atoms with van der Waals surface area (Å²) in [5.41, 5.74) is 4.36. The molecule has 1 aliphatic rings. The van der Waals surface area contributed by atoms with Gasteiger partial charge in [0.1, 0.15) is 6.04 Å². The van der Waals surface area contributed by atoms with E-state index in [0.717, 1.165) is 42.4 Å². The van der Waals surface area contributed by atoms with Crippen molar-refractivity contribution in [2.45, 2.75) is 39.2 Å². The lowest BCUT2D eigenvalue weighted by molar-refractivity contribution is -0.122. The minimum atomic E-state index is -0.196. The molecule has 28 heavy (non-hydrogen) atoms. The third-order valence-corrected chi connectivity index (χ3v) is 5.43. The van der Waals surface area contributed by atoms with Crippen LogP contribution in [0.1, 0.15) is 29.7 Å². The zero-order chi connectivity index (χ0) is 19.5. The number of rotatable bonds is 5. The Labute approximate surface area is 165 Å². The van der Waals surface area contributed by atoms with Gasteiger partial charge in [-0.1, -0.05) is 48.0 Å². The van der Waals surface area contributed by atoms with Crippen molar-refractivity contribution < 1.29 is 4.79 Å². The molecule has 0 aliphatic carbocycles. The number of hydrogen-bond donors (Lipinski definition) is 1. The molecule has 1 aliphatic heterocycles. The topological polar surface area (TPSA) is 58.1 Å². The third kappa shape index (κ3) is 3.84. The van der Waals surface area contributed by atoms with Gasteiger partial charge < -0.3 is 10.2 Å². The smallest absolute Gasteiger partial charge is 0.242 e. The minimum Gasteiger partial charge on any atom is -0.354 e. The molecule has 2 heterocycles. The summed E-state index contributed by atoms with van der Waals surface area (Å²) in [4.78, 5) is 24.3. The van der Waals surface area contributed by atoms with Crippen LogP contribution < -0.4 is 10.2 Å². The molecular formula is C23H26N4O. The van der Waals surface area contributed by atoms with E-state index in [4.69, 9.17) is 4.98 Å². The zero-order valence-electron chi connectivity index (χ0n) is 16.5. The van der Waals surface area contributed by atoms with Crippen molar-refractivity contribution in [1.82, 2.24) is 15.3 Å². The second kappa shape index (κ2) is 7.97. The molecule has 2 aromatic carbocycles. The highest BCUT2D eigenvalue weighted by Crippen LogP contribution is 2.25. The second-order valence-electron chi connectivity index (χ2n) is 7.50. The van der Waals surface area contributed by atoms with Crippen molar-refractivity contribution >= 4 is 22.8 Å². The van der Waals surface area contributed by atoms with Gasteiger partial charge in [-0.3, -0.25) is 4.79 Å². The number of benzene rings is 2. The van der Waals surface area contributed by atoms with Crippen LogP contribution in [-0.4, -0.2) is 35.0 Å². The van der Waals surface area contributed by atoms with E-state index in [2.05, 4.69) is 46.4 Å². The fourth-order valence-corrected chi connectivity index (χ4v) is 3.83. The van der Waals surface area contributed by atoms with E-state index >= 15 is 0 Å². The molecule has 0 radical (unpaired) electrons. The Morgan fingerprint density at radius 3 is 2.71 bits per heavy atom. The van der Waals surface area contributed by atoms with Gasteiger partial charge in [-0.15, -0.1) is 0 Å². The second-order valence-corrected chi connectivity index (χ2v) is 7.50. The summed E-state index contributed by atoms with van der Waals surface area (Å²) in [5.74, 6) is 0.728. The van der Waals surface area contributed by atoms with Crippen LogP contribution in [0.2, 0.25) is 0 Å². The number of nitrogens with zero attached hydrogens (tertiary/aromatic N) is 3. The molecule has 1 unspecified atom stereocenters. The molecule has 4 rings (SSSR count). The molecule has 5 nitrogen and oxygen atoms in total. The Hall–Kier alpha value is -2.95. The van der Waals surface area contributed by atoms with Gasteiger partial charge in [-0.25, -0.2) is 9.97 Å². The Kier molecular flexibility index (Phi) is 5.24. The van der Waals surface area contributed by atoms with Crippen molar-refractivity contribution in [1.29, 1.82) is 0 Å². The van der Waals surface area contributed by atoms with Gasteiger partial charge in [0.25, 0.3) is 0 Å². The normalized spacial score (nSPS) is 16.5. The van der Waals surface area contributed by atoms with Crippen LogP contribution in [0.25, 0.3) is 10.9 Å². The lowest BCUT2D eigenvalue weighted by Gasteiger charge is -2.24. The van der Waals surface area contributed by atoms with E-state index in [1.807, 2.05) is 31.2 Å². The summed E-state index contributed by atoms with van der Waals surface area (Å²) in [7, 11) is 0. The summed E-state index contributed by atoms with van der Waals surface area (Å²) in [5, 5.41) is 4.16. The van der Waals surface area contributed by atoms with E-state index in [0.29, 0.717) is 12.5 Å². The average Bonchev–Trinajstić information content (AvgIpc) is 3.19. The highest BCUT2D eigenvalue weighted by Gasteiger charge is 2.32. The first kappa shape index (κ1) is 18.4. The number of nitrogens with one attached hydrogen (secondary N) is 1. The van der Waals surface area contributed by atoms with Crippen LogP contribution in [-0.2, 0) is 11.2 Å². The van der Waals surface area contributed by atoms with E-state index in [1.54, 1.807) is 0 Å². The van der Waals surface area contributed by atoms with Crippen LogP contribution in [0.3, 0.4) is 0 Å². The monoisotopic (exact) mass is 374 g/mol. The SMILES string of the molecule is Cc1ccc(CCNC(=O)C2CCCN2c2nc(C)c3ccccc3n2)cc1. The van der Waals surface area contributed by atoms with Crippen molar-refractivity contribution in [2.24, 2.45) is 0 Å². The third-order valence-electron chi connectivity index (χ3n) is 5.43. The number of fused-ring (bicyclic) bond motifs is 1. The maximum Gasteiger partial charge on any atom is 0.242 e. The van der Waals surface area contributed by atoms with Gasteiger partial charge in [-0.05, 0) is 44.7 Å². The largest absolute Gasteiger partial charge is 0.354 e. The van der Waals surface area contributed by atoms with Gasteiger partial charge >= 0.3 is 0 Å². The molecule has 1 amide bonds. The van der Waals surface area contributed by atoms with E-state index < -0.39 is 0 Å². The lowest BCUT2D eigenvalue weighted by Crippen LogP contribution is -2.44. The van der Waals surface area contributed by atoms with Crippen LogP contribution in [0.15, 0.2) is 48.5 Å². The molecule has 1 saturated heterocycles. The van der Waals surface area contributed by atoms with Gasteiger partial charge in [0.15, 0.2) is 0 Å². The van der Waals surface area contributed by atoms with Crippen molar-refractivity contribution in [3.8, 4) is 0 Å². The Morgan fingerprint density at radius 2 is 1.89 bits per heavy atom. The number of anilines is 1. The van der Waals surface area contributed by atoms with Gasteiger partial charge in [0, 0.05) is 18.5 Å². The Balaban J connectivity index is 1.44. The maximum absolute atomic E-state index is 12.8. The fourth-order valence-electron chi connectivity index (χ4n) is 3.83. The molecule has 1 N–H and O–H groups in total. The number of aromatic nitrogens is 2. The van der Waals surface area contributed by atoms with E-state index in [9.17, 15) is 4.79 Å². The predicted molar refractivity (Wildman–Crippen MR) is 113 cm³/mol. The van der Waals surface area contributed by atoms with Crippen LogP contribution in [0.5, 0.6) is 0 Å². The molecule has 144 valence electrons. The Bertz CT molecular complexity index is 984. The van der Waals surface area contributed by atoms with Crippen molar-refractivity contribution in [3.05, 3.63) is 65.4 Å². The molecule has 1 atom stereocenters. The molecule has 3 aromatic rings. The van der Waals surface area contributed by atoms with Crippen molar-refractivity contribution in [3.63, 3.8) is 0 Å². The van der Waals surface area contributed by atoms with Gasteiger partial charge in [-0.2, -0.15) is 0 Å². The maximum atomic E-state index is 12.8. The zero-order valence-corrected chi connectivity index (χ0v) is 16.5. The predicted octanol–water partition coefficient (Wildman–Crippen LogP) is 3.57. The highest BCUT2D eigenvalue weighted by atomic mass is 16.2. The number of para-hydroxylation sites is 1. The first-order chi connectivity index (χ1) is 13.6. The van der Waals surface area contributed by atoms with Gasteiger partial charge in [0.2, 0.25) is 11.9 Å². The first-order valence-corrected chi connectivity index (χ1v) is 9.95. The molecule has 5 heteroatoms. The molecule has 0 saturated carbocycles. The summed E-state index contributed by atoms with van der Waals surface area (Å²) in [6.07, 6.45) is 2.65. The number of amides is 1. The summed E-state index contributed by atoms with van der Waals surface area (Å²) < 4.78 is 0. The van der Waals surface area contributed by atoms with Crippen LogP contribution >= 0.6 is 0 Å². The molecule has 1 aromatic heterocycles. The molecule has 0 bridgehead atoms. The number of carbonyl (C=O) groups is 1. The minimum absolute atomic E-state index is 0.0685. The number of carbonyl (C=O) groups excluding carboxylic acids is 1. The lowest BCUT2D eigenvalue weighted by atomic mass is 10.1. The highest BCUT2D eigenvalue weighted by molar-refractivity contribution is 5.86. The average molecular weight is 374 g/mol. The Morgan fingerprint density at radius 1 is 1.11 bits per heavy atom. The summed E-state index contributed by atoms with van der Waals surface area (Å²) in [6.45, 7) is 5.54. The van der Waals surface area contributed by atoms with E-state index in [-0.39, 0.29) is 11.9 Å². The van der Waals surface area contributed by atoms with Gasteiger partial charge in [0.05, 0.1) is 11.2 Å². The van der Waals surface area contributed by atoms with Crippen LogP contribution in [0.4, 0.5) is 5.95 Å². The number of hydrogen-bond acceptors (Lipinski definition) is 4. The summed E-state index contributed by atoms with van der Waals surface area (Å²) >= 11 is 0. The molecule has 0 spiro atoms. The van der Waals surface area contributed by atoms with E-state index in [1.165, 1.54) is 11.1 Å².